The van der Waals surface area contributed by atoms with Crippen molar-refractivity contribution in [2.75, 3.05) is 52.9 Å². The SMILES string of the molecule is CN=C(NCc1ccc(C(N)=O)o1)N1CCN(CC(=O)N2CC(C)CC(C)C2)CC1. The summed E-state index contributed by atoms with van der Waals surface area (Å²) in [5.41, 5.74) is 5.22. The molecule has 0 radical (unpaired) electrons. The third-order valence-corrected chi connectivity index (χ3v) is 5.79. The van der Waals surface area contributed by atoms with Crippen LogP contribution in [0.15, 0.2) is 21.5 Å². The number of guanidine groups is 1. The van der Waals surface area contributed by atoms with Gasteiger partial charge in [0.05, 0.1) is 13.1 Å². The van der Waals surface area contributed by atoms with Crippen LogP contribution in [0.3, 0.4) is 0 Å². The number of carbonyl (C=O) groups is 2. The minimum absolute atomic E-state index is 0.151. The molecule has 0 spiro atoms. The molecule has 2 aliphatic heterocycles. The van der Waals surface area contributed by atoms with E-state index in [9.17, 15) is 9.59 Å². The summed E-state index contributed by atoms with van der Waals surface area (Å²) in [6, 6.07) is 3.30. The minimum Gasteiger partial charge on any atom is -0.454 e. The molecule has 30 heavy (non-hydrogen) atoms. The summed E-state index contributed by atoms with van der Waals surface area (Å²) < 4.78 is 5.40. The summed E-state index contributed by atoms with van der Waals surface area (Å²) in [7, 11) is 1.74. The Hall–Kier alpha value is -2.55. The van der Waals surface area contributed by atoms with E-state index in [2.05, 4.69) is 34.0 Å². The lowest BCUT2D eigenvalue weighted by molar-refractivity contribution is -0.135. The van der Waals surface area contributed by atoms with Gasteiger partial charge in [0, 0.05) is 46.3 Å². The van der Waals surface area contributed by atoms with Gasteiger partial charge in [-0.3, -0.25) is 19.5 Å². The van der Waals surface area contributed by atoms with Crippen LogP contribution < -0.4 is 11.1 Å². The number of likely N-dealkylation sites (tertiary alicyclic amines) is 1. The van der Waals surface area contributed by atoms with E-state index >= 15 is 0 Å². The molecule has 0 saturated carbocycles. The number of nitrogens with zero attached hydrogens (tertiary/aromatic N) is 4. The first kappa shape index (κ1) is 22.1. The van der Waals surface area contributed by atoms with Crippen LogP contribution in [-0.4, -0.2) is 85.3 Å². The molecule has 2 aliphatic rings. The molecule has 1 aromatic heterocycles. The van der Waals surface area contributed by atoms with Crippen molar-refractivity contribution in [1.29, 1.82) is 0 Å². The zero-order valence-electron chi connectivity index (χ0n) is 18.3. The number of piperazine rings is 1. The fourth-order valence-corrected chi connectivity index (χ4v) is 4.38. The smallest absolute Gasteiger partial charge is 0.284 e. The van der Waals surface area contributed by atoms with Crippen molar-refractivity contribution >= 4 is 17.8 Å². The van der Waals surface area contributed by atoms with E-state index < -0.39 is 5.91 Å². The highest BCUT2D eigenvalue weighted by Gasteiger charge is 2.28. The van der Waals surface area contributed by atoms with Crippen LogP contribution in [0.25, 0.3) is 0 Å². The Morgan fingerprint density at radius 3 is 2.37 bits per heavy atom. The van der Waals surface area contributed by atoms with Gasteiger partial charge in [0.2, 0.25) is 5.91 Å². The zero-order valence-corrected chi connectivity index (χ0v) is 18.3. The molecular formula is C21H34N6O3. The van der Waals surface area contributed by atoms with Crippen LogP contribution in [0, 0.1) is 11.8 Å². The summed E-state index contributed by atoms with van der Waals surface area (Å²) in [6.07, 6.45) is 1.20. The van der Waals surface area contributed by atoms with Gasteiger partial charge >= 0.3 is 0 Å². The molecule has 0 bridgehead atoms. The highest BCUT2D eigenvalue weighted by molar-refractivity contribution is 5.89. The van der Waals surface area contributed by atoms with Crippen LogP contribution >= 0.6 is 0 Å². The van der Waals surface area contributed by atoms with E-state index in [1.165, 1.54) is 6.42 Å². The molecule has 9 nitrogen and oxygen atoms in total. The van der Waals surface area contributed by atoms with E-state index in [4.69, 9.17) is 10.2 Å². The van der Waals surface area contributed by atoms with E-state index in [1.807, 2.05) is 4.90 Å². The summed E-state index contributed by atoms with van der Waals surface area (Å²) >= 11 is 0. The lowest BCUT2D eigenvalue weighted by Gasteiger charge is -2.39. The summed E-state index contributed by atoms with van der Waals surface area (Å²) in [5.74, 6) is 2.37. The molecule has 2 amide bonds. The number of primary amides is 1. The van der Waals surface area contributed by atoms with Crippen molar-refractivity contribution in [1.82, 2.24) is 20.0 Å². The highest BCUT2D eigenvalue weighted by atomic mass is 16.3. The first-order valence-corrected chi connectivity index (χ1v) is 10.7. The van der Waals surface area contributed by atoms with Crippen LogP contribution in [0.4, 0.5) is 0 Å². The number of aliphatic imine (C=N–C) groups is 1. The van der Waals surface area contributed by atoms with Crippen LogP contribution in [0.2, 0.25) is 0 Å². The number of hydrogen-bond acceptors (Lipinski definition) is 5. The zero-order chi connectivity index (χ0) is 21.7. The maximum atomic E-state index is 12.7. The van der Waals surface area contributed by atoms with E-state index in [1.54, 1.807) is 19.2 Å². The molecule has 0 aliphatic carbocycles. The Bertz CT molecular complexity index is 759. The summed E-state index contributed by atoms with van der Waals surface area (Å²) in [4.78, 5) is 34.7. The normalized spacial score (nSPS) is 23.5. The molecule has 3 heterocycles. The first-order chi connectivity index (χ1) is 14.4. The second-order valence-electron chi connectivity index (χ2n) is 8.54. The minimum atomic E-state index is -0.579. The third kappa shape index (κ3) is 5.75. The Balaban J connectivity index is 1.44. The lowest BCUT2D eigenvalue weighted by Crippen LogP contribution is -2.55. The summed E-state index contributed by atoms with van der Waals surface area (Å²) in [5, 5.41) is 3.26. The molecule has 2 fully saturated rings. The largest absolute Gasteiger partial charge is 0.454 e. The molecule has 1 aromatic rings. The maximum Gasteiger partial charge on any atom is 0.284 e. The van der Waals surface area contributed by atoms with Crippen molar-refractivity contribution in [2.24, 2.45) is 22.6 Å². The Morgan fingerprint density at radius 2 is 1.80 bits per heavy atom. The molecule has 9 heteroatoms. The second-order valence-corrected chi connectivity index (χ2v) is 8.54. The number of piperidine rings is 1. The fraction of sp³-hybridized carbons (Fsp3) is 0.667. The van der Waals surface area contributed by atoms with Gasteiger partial charge in [-0.25, -0.2) is 0 Å². The average molecular weight is 419 g/mol. The molecular weight excluding hydrogens is 384 g/mol. The van der Waals surface area contributed by atoms with Crippen LogP contribution in [0.1, 0.15) is 36.6 Å². The van der Waals surface area contributed by atoms with Crippen LogP contribution in [-0.2, 0) is 11.3 Å². The number of amides is 2. The first-order valence-electron chi connectivity index (χ1n) is 10.7. The van der Waals surface area contributed by atoms with Crippen molar-refractivity contribution < 1.29 is 14.0 Å². The van der Waals surface area contributed by atoms with Gasteiger partial charge < -0.3 is 25.3 Å². The molecule has 0 aromatic carbocycles. The van der Waals surface area contributed by atoms with Crippen molar-refractivity contribution in [2.45, 2.75) is 26.8 Å². The van der Waals surface area contributed by atoms with Crippen molar-refractivity contribution in [3.63, 3.8) is 0 Å². The number of furan rings is 1. The van der Waals surface area contributed by atoms with E-state index in [0.717, 1.165) is 45.2 Å². The summed E-state index contributed by atoms with van der Waals surface area (Å²) in [6.45, 7) is 10.3. The predicted molar refractivity (Wildman–Crippen MR) is 115 cm³/mol. The van der Waals surface area contributed by atoms with Crippen molar-refractivity contribution in [3.8, 4) is 0 Å². The molecule has 3 rings (SSSR count). The van der Waals surface area contributed by atoms with Gasteiger partial charge in [0.1, 0.15) is 5.76 Å². The molecule has 2 unspecified atom stereocenters. The third-order valence-electron chi connectivity index (χ3n) is 5.79. The molecule has 3 N–H and O–H groups in total. The van der Waals surface area contributed by atoms with Gasteiger partial charge in [-0.1, -0.05) is 13.8 Å². The van der Waals surface area contributed by atoms with Gasteiger partial charge in [-0.15, -0.1) is 0 Å². The number of rotatable bonds is 5. The van der Waals surface area contributed by atoms with Gasteiger partial charge in [-0.05, 0) is 30.4 Å². The Labute approximate surface area is 178 Å². The molecule has 2 atom stereocenters. The van der Waals surface area contributed by atoms with E-state index in [-0.39, 0.29) is 11.7 Å². The van der Waals surface area contributed by atoms with Crippen molar-refractivity contribution in [3.05, 3.63) is 23.7 Å². The second kappa shape index (κ2) is 9.97. The number of nitrogens with two attached hydrogens (primary N) is 1. The molecule has 2 saturated heterocycles. The standard InChI is InChI=1S/C21H34N6O3/c1-15-10-16(2)13-27(12-15)19(28)14-25-6-8-26(9-7-25)21(23-3)24-11-17-4-5-18(30-17)20(22)29/h4-5,15-16H,6-14H2,1-3H3,(H2,22,29)(H,23,24). The quantitative estimate of drug-likeness (QED) is 0.535. The average Bonchev–Trinajstić information content (AvgIpc) is 3.18. The topological polar surface area (TPSA) is 107 Å². The number of hydrogen-bond donors (Lipinski definition) is 2. The van der Waals surface area contributed by atoms with Gasteiger partial charge in [-0.2, -0.15) is 0 Å². The van der Waals surface area contributed by atoms with Crippen LogP contribution in [0.5, 0.6) is 0 Å². The Kier molecular flexibility index (Phi) is 7.36. The Morgan fingerprint density at radius 1 is 1.13 bits per heavy atom. The van der Waals surface area contributed by atoms with Gasteiger partial charge in [0.25, 0.3) is 5.91 Å². The lowest BCUT2D eigenvalue weighted by atomic mass is 9.92. The highest BCUT2D eigenvalue weighted by Crippen LogP contribution is 2.21. The maximum absolute atomic E-state index is 12.7. The molecule has 166 valence electrons. The van der Waals surface area contributed by atoms with E-state index in [0.29, 0.717) is 30.7 Å². The fourth-order valence-electron chi connectivity index (χ4n) is 4.38. The van der Waals surface area contributed by atoms with Gasteiger partial charge in [0.15, 0.2) is 11.7 Å². The monoisotopic (exact) mass is 418 g/mol. The number of nitrogens with one attached hydrogen (secondary N) is 1. The number of carbonyl (C=O) groups excluding carboxylic acids is 2. The predicted octanol–water partition coefficient (Wildman–Crippen LogP) is 0.576.